The molecule has 0 bridgehead atoms. The third-order valence-electron chi connectivity index (χ3n) is 5.89. The summed E-state index contributed by atoms with van der Waals surface area (Å²) >= 11 is 5.90. The van der Waals surface area contributed by atoms with Gasteiger partial charge in [-0.2, -0.15) is 0 Å². The standard InChI is InChI=1S/C22H28ClN5O/c23-19-6-4-17(5-7-19)16-24-22(29)18-10-14-28(15-11-18)21-9-8-20(25-26-21)27-12-2-1-3-13-27/h4-9,18H,1-3,10-16H2,(H,24,29). The summed E-state index contributed by atoms with van der Waals surface area (Å²) in [4.78, 5) is 17.1. The van der Waals surface area contributed by atoms with Gasteiger partial charge >= 0.3 is 0 Å². The maximum absolute atomic E-state index is 12.5. The zero-order valence-electron chi connectivity index (χ0n) is 16.7. The average molecular weight is 414 g/mol. The molecule has 0 atom stereocenters. The van der Waals surface area contributed by atoms with E-state index in [2.05, 4.69) is 37.4 Å². The highest BCUT2D eigenvalue weighted by Gasteiger charge is 2.25. The van der Waals surface area contributed by atoms with E-state index >= 15 is 0 Å². The predicted octanol–water partition coefficient (Wildman–Crippen LogP) is 3.65. The number of aromatic nitrogens is 2. The van der Waals surface area contributed by atoms with Crippen molar-refractivity contribution in [2.45, 2.75) is 38.6 Å². The lowest BCUT2D eigenvalue weighted by atomic mass is 9.96. The van der Waals surface area contributed by atoms with Gasteiger partial charge in [0.2, 0.25) is 5.91 Å². The van der Waals surface area contributed by atoms with Crippen LogP contribution in [0.2, 0.25) is 5.02 Å². The van der Waals surface area contributed by atoms with E-state index in [9.17, 15) is 4.79 Å². The van der Waals surface area contributed by atoms with E-state index < -0.39 is 0 Å². The van der Waals surface area contributed by atoms with E-state index in [1.54, 1.807) is 0 Å². The number of nitrogens with one attached hydrogen (secondary N) is 1. The lowest BCUT2D eigenvalue weighted by Crippen LogP contribution is -2.40. The highest BCUT2D eigenvalue weighted by atomic mass is 35.5. The van der Waals surface area contributed by atoms with Crippen molar-refractivity contribution in [2.75, 3.05) is 36.0 Å². The number of hydrogen-bond acceptors (Lipinski definition) is 5. The average Bonchev–Trinajstić information content (AvgIpc) is 2.79. The molecule has 29 heavy (non-hydrogen) atoms. The molecule has 154 valence electrons. The highest BCUT2D eigenvalue weighted by Crippen LogP contribution is 2.24. The molecule has 3 heterocycles. The summed E-state index contributed by atoms with van der Waals surface area (Å²) in [7, 11) is 0. The third kappa shape index (κ3) is 5.18. The molecule has 0 saturated carbocycles. The van der Waals surface area contributed by atoms with Gasteiger partial charge in [-0.15, -0.1) is 10.2 Å². The molecule has 4 rings (SSSR count). The fourth-order valence-electron chi connectivity index (χ4n) is 4.09. The minimum absolute atomic E-state index is 0.0548. The molecule has 2 aromatic rings. The Morgan fingerprint density at radius 2 is 1.48 bits per heavy atom. The smallest absolute Gasteiger partial charge is 0.223 e. The Labute approximate surface area is 177 Å². The van der Waals surface area contributed by atoms with E-state index in [0.717, 1.165) is 56.2 Å². The van der Waals surface area contributed by atoms with Crippen LogP contribution in [0.3, 0.4) is 0 Å². The molecule has 0 radical (unpaired) electrons. The first-order valence-corrected chi connectivity index (χ1v) is 10.9. The molecule has 7 heteroatoms. The van der Waals surface area contributed by atoms with Crippen LogP contribution in [0.1, 0.15) is 37.7 Å². The Hall–Kier alpha value is -2.34. The van der Waals surface area contributed by atoms with Gasteiger partial charge in [-0.1, -0.05) is 23.7 Å². The van der Waals surface area contributed by atoms with Gasteiger partial charge in [0, 0.05) is 43.7 Å². The van der Waals surface area contributed by atoms with Crippen molar-refractivity contribution in [1.29, 1.82) is 0 Å². The number of rotatable bonds is 5. The van der Waals surface area contributed by atoms with Crippen LogP contribution in [0.25, 0.3) is 0 Å². The molecule has 2 fully saturated rings. The molecule has 2 aliphatic rings. The lowest BCUT2D eigenvalue weighted by Gasteiger charge is -2.32. The number of amides is 1. The topological polar surface area (TPSA) is 61.4 Å². The van der Waals surface area contributed by atoms with Gasteiger partial charge in [0.05, 0.1) is 0 Å². The van der Waals surface area contributed by atoms with Crippen LogP contribution in [0, 0.1) is 5.92 Å². The quantitative estimate of drug-likeness (QED) is 0.810. The van der Waals surface area contributed by atoms with Crippen molar-refractivity contribution in [3.63, 3.8) is 0 Å². The Bertz CT molecular complexity index is 797. The van der Waals surface area contributed by atoms with Crippen molar-refractivity contribution < 1.29 is 4.79 Å². The van der Waals surface area contributed by atoms with Crippen LogP contribution in [0.15, 0.2) is 36.4 Å². The fraction of sp³-hybridized carbons (Fsp3) is 0.500. The summed E-state index contributed by atoms with van der Waals surface area (Å²) in [5.74, 6) is 2.07. The Morgan fingerprint density at radius 3 is 2.07 bits per heavy atom. The molecular weight excluding hydrogens is 386 g/mol. The second-order valence-electron chi connectivity index (χ2n) is 7.90. The second-order valence-corrected chi connectivity index (χ2v) is 8.34. The number of anilines is 2. The number of halogens is 1. The van der Waals surface area contributed by atoms with Gasteiger partial charge in [-0.3, -0.25) is 4.79 Å². The summed E-state index contributed by atoms with van der Waals surface area (Å²) in [6.07, 6.45) is 5.45. The second kappa shape index (κ2) is 9.44. The van der Waals surface area contributed by atoms with Crippen molar-refractivity contribution in [2.24, 2.45) is 5.92 Å². The maximum atomic E-state index is 12.5. The van der Waals surface area contributed by atoms with E-state index in [1.807, 2.05) is 24.3 Å². The largest absolute Gasteiger partial charge is 0.355 e. The van der Waals surface area contributed by atoms with Crippen molar-refractivity contribution in [3.05, 3.63) is 47.0 Å². The van der Waals surface area contributed by atoms with E-state index in [0.29, 0.717) is 11.6 Å². The zero-order chi connectivity index (χ0) is 20.1. The third-order valence-corrected chi connectivity index (χ3v) is 6.14. The van der Waals surface area contributed by atoms with Crippen LogP contribution in [0.4, 0.5) is 11.6 Å². The Morgan fingerprint density at radius 1 is 0.897 bits per heavy atom. The molecule has 0 aliphatic carbocycles. The molecule has 0 spiro atoms. The van der Waals surface area contributed by atoms with Crippen LogP contribution >= 0.6 is 11.6 Å². The Kier molecular flexibility index (Phi) is 6.49. The summed E-state index contributed by atoms with van der Waals surface area (Å²) in [6.45, 7) is 4.35. The fourth-order valence-corrected chi connectivity index (χ4v) is 4.21. The number of carbonyl (C=O) groups is 1. The maximum Gasteiger partial charge on any atom is 0.223 e. The summed E-state index contributed by atoms with van der Waals surface area (Å²) in [6, 6.07) is 11.7. The molecule has 1 aromatic carbocycles. The van der Waals surface area contributed by atoms with Gasteiger partial charge in [0.25, 0.3) is 0 Å². The van der Waals surface area contributed by atoms with Crippen LogP contribution in [0.5, 0.6) is 0 Å². The van der Waals surface area contributed by atoms with Gasteiger partial charge < -0.3 is 15.1 Å². The first kappa shape index (κ1) is 20.0. The molecule has 1 aromatic heterocycles. The zero-order valence-corrected chi connectivity index (χ0v) is 17.4. The number of hydrogen-bond donors (Lipinski definition) is 1. The summed E-state index contributed by atoms with van der Waals surface area (Å²) in [5.41, 5.74) is 1.06. The number of piperidine rings is 2. The SMILES string of the molecule is O=C(NCc1ccc(Cl)cc1)C1CCN(c2ccc(N3CCCCC3)nn2)CC1. The summed E-state index contributed by atoms with van der Waals surface area (Å²) in [5, 5.41) is 12.7. The van der Waals surface area contributed by atoms with E-state index in [4.69, 9.17) is 11.6 Å². The van der Waals surface area contributed by atoms with Crippen LogP contribution < -0.4 is 15.1 Å². The van der Waals surface area contributed by atoms with E-state index in [-0.39, 0.29) is 11.8 Å². The number of benzene rings is 1. The first-order chi connectivity index (χ1) is 14.2. The van der Waals surface area contributed by atoms with Crippen molar-refractivity contribution in [3.8, 4) is 0 Å². The van der Waals surface area contributed by atoms with Crippen LogP contribution in [-0.4, -0.2) is 42.3 Å². The molecular formula is C22H28ClN5O. The monoisotopic (exact) mass is 413 g/mol. The molecule has 0 unspecified atom stereocenters. The van der Waals surface area contributed by atoms with Gasteiger partial charge in [0.1, 0.15) is 0 Å². The highest BCUT2D eigenvalue weighted by molar-refractivity contribution is 6.30. The minimum Gasteiger partial charge on any atom is -0.355 e. The van der Waals surface area contributed by atoms with Gasteiger partial charge in [0.15, 0.2) is 11.6 Å². The van der Waals surface area contributed by atoms with E-state index in [1.165, 1.54) is 19.3 Å². The van der Waals surface area contributed by atoms with Gasteiger partial charge in [-0.25, -0.2) is 0 Å². The lowest BCUT2D eigenvalue weighted by molar-refractivity contribution is -0.125. The molecule has 1 N–H and O–H groups in total. The first-order valence-electron chi connectivity index (χ1n) is 10.5. The van der Waals surface area contributed by atoms with Crippen molar-refractivity contribution >= 4 is 29.1 Å². The minimum atomic E-state index is 0.0548. The van der Waals surface area contributed by atoms with Crippen molar-refractivity contribution in [1.82, 2.24) is 15.5 Å². The molecule has 2 saturated heterocycles. The molecule has 2 aliphatic heterocycles. The van der Waals surface area contributed by atoms with Gasteiger partial charge in [-0.05, 0) is 61.9 Å². The number of nitrogens with zero attached hydrogens (tertiary/aromatic N) is 4. The Balaban J connectivity index is 1.25. The molecule has 6 nitrogen and oxygen atoms in total. The number of carbonyl (C=O) groups excluding carboxylic acids is 1. The predicted molar refractivity (Wildman–Crippen MR) is 116 cm³/mol. The summed E-state index contributed by atoms with van der Waals surface area (Å²) < 4.78 is 0. The van der Waals surface area contributed by atoms with Crippen LogP contribution in [-0.2, 0) is 11.3 Å². The molecule has 1 amide bonds. The normalized spacial score (nSPS) is 18.0.